The van der Waals surface area contributed by atoms with E-state index in [9.17, 15) is 8.42 Å². The van der Waals surface area contributed by atoms with Gasteiger partial charge in [0.2, 0.25) is 0 Å². The standard InChI is InChI=1S/C14H29N3O2S/c1-3-15-11-14-6-4-5-9-17(14)20(18,19)16-13-8-7-12(2)10-13/h12-16H,3-11H2,1-2H3. The van der Waals surface area contributed by atoms with Crippen molar-refractivity contribution in [2.24, 2.45) is 5.92 Å². The van der Waals surface area contributed by atoms with Crippen LogP contribution in [0.2, 0.25) is 0 Å². The SMILES string of the molecule is CCNCC1CCCCN1S(=O)(=O)NC1CCC(C)C1. The van der Waals surface area contributed by atoms with Crippen LogP contribution in [0.5, 0.6) is 0 Å². The molecule has 0 amide bonds. The van der Waals surface area contributed by atoms with Crippen molar-refractivity contribution in [1.29, 1.82) is 0 Å². The molecule has 0 aromatic heterocycles. The quantitative estimate of drug-likeness (QED) is 0.781. The summed E-state index contributed by atoms with van der Waals surface area (Å²) in [7, 11) is -3.33. The zero-order valence-electron chi connectivity index (χ0n) is 12.8. The Hall–Kier alpha value is -0.170. The molecule has 0 aromatic carbocycles. The molecule has 6 heteroatoms. The topological polar surface area (TPSA) is 61.4 Å². The maximum absolute atomic E-state index is 12.6. The predicted octanol–water partition coefficient (Wildman–Crippen LogP) is 1.47. The first-order valence-corrected chi connectivity index (χ1v) is 9.46. The second-order valence-electron chi connectivity index (χ2n) is 6.31. The summed E-state index contributed by atoms with van der Waals surface area (Å²) < 4.78 is 29.8. The summed E-state index contributed by atoms with van der Waals surface area (Å²) in [5.74, 6) is 0.640. The Balaban J connectivity index is 1.98. The van der Waals surface area contributed by atoms with Crippen LogP contribution in [-0.4, -0.2) is 44.4 Å². The molecule has 0 aromatic rings. The summed E-state index contributed by atoms with van der Waals surface area (Å²) in [4.78, 5) is 0. The highest BCUT2D eigenvalue weighted by Gasteiger charge is 2.34. The maximum Gasteiger partial charge on any atom is 0.279 e. The van der Waals surface area contributed by atoms with Gasteiger partial charge in [-0.2, -0.15) is 17.4 Å². The number of likely N-dealkylation sites (N-methyl/N-ethyl adjacent to an activating group) is 1. The third-order valence-electron chi connectivity index (χ3n) is 4.52. The van der Waals surface area contributed by atoms with Gasteiger partial charge in [-0.25, -0.2) is 0 Å². The van der Waals surface area contributed by atoms with Crippen molar-refractivity contribution in [3.63, 3.8) is 0 Å². The van der Waals surface area contributed by atoms with E-state index in [0.29, 0.717) is 12.5 Å². The molecule has 3 atom stereocenters. The number of nitrogens with one attached hydrogen (secondary N) is 2. The second kappa shape index (κ2) is 7.20. The summed E-state index contributed by atoms with van der Waals surface area (Å²) in [5, 5.41) is 3.29. The Morgan fingerprint density at radius 3 is 2.65 bits per heavy atom. The minimum atomic E-state index is -3.33. The second-order valence-corrected chi connectivity index (χ2v) is 7.96. The first kappa shape index (κ1) is 16.2. The molecule has 0 spiro atoms. The van der Waals surface area contributed by atoms with Crippen LogP contribution in [0.4, 0.5) is 0 Å². The molecule has 2 rings (SSSR count). The molecule has 1 aliphatic heterocycles. The number of rotatable bonds is 6. The molecule has 1 heterocycles. The largest absolute Gasteiger partial charge is 0.315 e. The number of nitrogens with zero attached hydrogens (tertiary/aromatic N) is 1. The lowest BCUT2D eigenvalue weighted by molar-refractivity contribution is 0.242. The molecular weight excluding hydrogens is 274 g/mol. The van der Waals surface area contributed by atoms with E-state index < -0.39 is 10.2 Å². The molecule has 20 heavy (non-hydrogen) atoms. The molecule has 0 radical (unpaired) electrons. The lowest BCUT2D eigenvalue weighted by atomic mass is 10.1. The fraction of sp³-hybridized carbons (Fsp3) is 1.00. The lowest BCUT2D eigenvalue weighted by Crippen LogP contribution is -2.53. The van der Waals surface area contributed by atoms with Crippen LogP contribution in [-0.2, 0) is 10.2 Å². The Kier molecular flexibility index (Phi) is 5.84. The van der Waals surface area contributed by atoms with Crippen molar-refractivity contribution in [1.82, 2.24) is 14.3 Å². The van der Waals surface area contributed by atoms with Gasteiger partial charge in [-0.3, -0.25) is 0 Å². The van der Waals surface area contributed by atoms with E-state index in [4.69, 9.17) is 0 Å². The van der Waals surface area contributed by atoms with Crippen LogP contribution >= 0.6 is 0 Å². The van der Waals surface area contributed by atoms with Gasteiger partial charge in [0.15, 0.2) is 0 Å². The van der Waals surface area contributed by atoms with Gasteiger partial charge in [0.25, 0.3) is 10.2 Å². The van der Waals surface area contributed by atoms with E-state index in [-0.39, 0.29) is 12.1 Å². The number of piperidine rings is 1. The van der Waals surface area contributed by atoms with E-state index in [1.54, 1.807) is 4.31 Å². The van der Waals surface area contributed by atoms with E-state index in [1.165, 1.54) is 0 Å². The molecule has 0 bridgehead atoms. The maximum atomic E-state index is 12.6. The Morgan fingerprint density at radius 1 is 1.20 bits per heavy atom. The summed E-state index contributed by atoms with van der Waals surface area (Å²) in [5.41, 5.74) is 0. The minimum Gasteiger partial charge on any atom is -0.315 e. The van der Waals surface area contributed by atoms with Gasteiger partial charge < -0.3 is 5.32 Å². The van der Waals surface area contributed by atoms with Gasteiger partial charge >= 0.3 is 0 Å². The Morgan fingerprint density at radius 2 is 2.00 bits per heavy atom. The molecular formula is C14H29N3O2S. The van der Waals surface area contributed by atoms with E-state index in [0.717, 1.165) is 51.6 Å². The first-order chi connectivity index (χ1) is 9.53. The number of hydrogen-bond donors (Lipinski definition) is 2. The highest BCUT2D eigenvalue weighted by Crippen LogP contribution is 2.26. The van der Waals surface area contributed by atoms with Crippen LogP contribution in [0.3, 0.4) is 0 Å². The molecule has 1 saturated heterocycles. The van der Waals surface area contributed by atoms with Crippen LogP contribution in [0.15, 0.2) is 0 Å². The smallest absolute Gasteiger partial charge is 0.279 e. The van der Waals surface area contributed by atoms with Gasteiger partial charge in [-0.05, 0) is 44.6 Å². The summed E-state index contributed by atoms with van der Waals surface area (Å²) in [6, 6.07) is 0.247. The lowest BCUT2D eigenvalue weighted by Gasteiger charge is -2.35. The summed E-state index contributed by atoms with van der Waals surface area (Å²) in [6.45, 7) is 6.56. The zero-order valence-corrected chi connectivity index (χ0v) is 13.6. The molecule has 2 aliphatic rings. The zero-order chi connectivity index (χ0) is 14.6. The van der Waals surface area contributed by atoms with Gasteiger partial charge in [-0.15, -0.1) is 0 Å². The van der Waals surface area contributed by atoms with Crippen LogP contribution in [0.1, 0.15) is 52.4 Å². The molecule has 2 fully saturated rings. The highest BCUT2D eigenvalue weighted by atomic mass is 32.2. The van der Waals surface area contributed by atoms with E-state index in [2.05, 4.69) is 23.9 Å². The van der Waals surface area contributed by atoms with Gasteiger partial charge in [-0.1, -0.05) is 20.3 Å². The van der Waals surface area contributed by atoms with Crippen molar-refractivity contribution in [3.8, 4) is 0 Å². The highest BCUT2D eigenvalue weighted by molar-refractivity contribution is 7.87. The average Bonchev–Trinajstić information content (AvgIpc) is 2.81. The molecule has 2 N–H and O–H groups in total. The Labute approximate surface area is 123 Å². The third-order valence-corrected chi connectivity index (χ3v) is 6.25. The van der Waals surface area contributed by atoms with Crippen molar-refractivity contribution in [3.05, 3.63) is 0 Å². The van der Waals surface area contributed by atoms with Crippen LogP contribution in [0.25, 0.3) is 0 Å². The molecule has 1 aliphatic carbocycles. The molecule has 1 saturated carbocycles. The summed E-state index contributed by atoms with van der Waals surface area (Å²) >= 11 is 0. The van der Waals surface area contributed by atoms with Crippen LogP contribution < -0.4 is 10.0 Å². The minimum absolute atomic E-state index is 0.111. The molecule has 118 valence electrons. The van der Waals surface area contributed by atoms with Crippen molar-refractivity contribution in [2.45, 2.75) is 64.5 Å². The monoisotopic (exact) mass is 303 g/mol. The first-order valence-electron chi connectivity index (χ1n) is 8.02. The van der Waals surface area contributed by atoms with Crippen molar-refractivity contribution < 1.29 is 8.42 Å². The third kappa shape index (κ3) is 4.16. The summed E-state index contributed by atoms with van der Waals surface area (Å²) in [6.07, 6.45) is 6.16. The van der Waals surface area contributed by atoms with Crippen molar-refractivity contribution >= 4 is 10.2 Å². The normalized spacial score (nSPS) is 32.6. The van der Waals surface area contributed by atoms with Gasteiger partial charge in [0.05, 0.1) is 0 Å². The molecule has 3 unspecified atom stereocenters. The van der Waals surface area contributed by atoms with Gasteiger partial charge in [0.1, 0.15) is 0 Å². The van der Waals surface area contributed by atoms with Crippen LogP contribution in [0, 0.1) is 5.92 Å². The van der Waals surface area contributed by atoms with Crippen molar-refractivity contribution in [2.75, 3.05) is 19.6 Å². The Bertz CT molecular complexity index is 399. The number of hydrogen-bond acceptors (Lipinski definition) is 3. The van der Waals surface area contributed by atoms with E-state index >= 15 is 0 Å². The van der Waals surface area contributed by atoms with Gasteiger partial charge in [0, 0.05) is 25.2 Å². The molecule has 5 nitrogen and oxygen atoms in total. The average molecular weight is 303 g/mol. The fourth-order valence-electron chi connectivity index (χ4n) is 3.40. The predicted molar refractivity (Wildman–Crippen MR) is 81.7 cm³/mol. The van der Waals surface area contributed by atoms with E-state index in [1.807, 2.05) is 0 Å². The fourth-order valence-corrected chi connectivity index (χ4v) is 5.11.